The van der Waals surface area contributed by atoms with E-state index in [-0.39, 0.29) is 11.3 Å². The molecule has 17 heavy (non-hydrogen) atoms. The summed E-state index contributed by atoms with van der Waals surface area (Å²) in [5.41, 5.74) is 0.220. The number of rotatable bonds is 5. The molecule has 0 saturated heterocycles. The Morgan fingerprint density at radius 2 is 1.88 bits per heavy atom. The number of carboxylic acid groups (broad SMARTS) is 1. The number of ketones is 1. The first kappa shape index (κ1) is 13.5. The van der Waals surface area contributed by atoms with Crippen LogP contribution >= 0.6 is 0 Å². The molecule has 0 spiro atoms. The summed E-state index contributed by atoms with van der Waals surface area (Å²) in [5.74, 6) is -2.52. The van der Waals surface area contributed by atoms with Crippen LogP contribution in [0.2, 0.25) is 0 Å². The van der Waals surface area contributed by atoms with Gasteiger partial charge in [0.05, 0.1) is 5.75 Å². The van der Waals surface area contributed by atoms with Crippen molar-refractivity contribution in [1.82, 2.24) is 0 Å². The number of aliphatic carboxylic acids is 1. The first-order valence-electron chi connectivity index (χ1n) is 4.80. The van der Waals surface area contributed by atoms with Crippen molar-refractivity contribution in [3.8, 4) is 0 Å². The lowest BCUT2D eigenvalue weighted by Gasteiger charge is -2.05. The number of carbonyl (C=O) groups is 2. The van der Waals surface area contributed by atoms with Crippen LogP contribution in [0.3, 0.4) is 0 Å². The minimum atomic E-state index is -1.77. The number of benzene rings is 1. The molecule has 2 unspecified atom stereocenters. The topological polar surface area (TPSA) is 71.4 Å². The van der Waals surface area contributed by atoms with E-state index in [0.29, 0.717) is 0 Å². The summed E-state index contributed by atoms with van der Waals surface area (Å²) in [6.07, 6.45) is 0. The highest BCUT2D eigenvalue weighted by atomic mass is 32.2. The minimum Gasteiger partial charge on any atom is -0.480 e. The Balaban J connectivity index is 2.70. The molecule has 0 amide bonds. The third-order valence-electron chi connectivity index (χ3n) is 2.18. The summed E-state index contributed by atoms with van der Waals surface area (Å²) < 4.78 is 24.1. The fraction of sp³-hybridized carbons (Fsp3) is 0.273. The molecule has 4 nitrogen and oxygen atoms in total. The van der Waals surface area contributed by atoms with Crippen LogP contribution in [0.25, 0.3) is 0 Å². The molecule has 0 aliphatic rings. The first-order valence-corrected chi connectivity index (χ1v) is 6.18. The molecule has 0 aromatic heterocycles. The quantitative estimate of drug-likeness (QED) is 0.806. The molecule has 1 N–H and O–H groups in total. The molecule has 0 heterocycles. The maximum Gasteiger partial charge on any atom is 0.318 e. The van der Waals surface area contributed by atoms with Crippen LogP contribution in [0.15, 0.2) is 24.3 Å². The van der Waals surface area contributed by atoms with Crippen molar-refractivity contribution in [3.05, 3.63) is 35.6 Å². The number of carboxylic acids is 1. The zero-order valence-electron chi connectivity index (χ0n) is 9.05. The highest BCUT2D eigenvalue weighted by Crippen LogP contribution is 2.06. The maximum atomic E-state index is 12.6. The Morgan fingerprint density at radius 1 is 1.35 bits per heavy atom. The Morgan fingerprint density at radius 3 is 2.35 bits per heavy atom. The lowest BCUT2D eigenvalue weighted by molar-refractivity contribution is -0.136. The average Bonchev–Trinajstić information content (AvgIpc) is 2.28. The Kier molecular flexibility index (Phi) is 4.51. The highest BCUT2D eigenvalue weighted by Gasteiger charge is 2.21. The second-order valence-corrected chi connectivity index (χ2v) is 5.19. The molecule has 0 aliphatic heterocycles. The van der Waals surface area contributed by atoms with Gasteiger partial charge in [0.1, 0.15) is 11.1 Å². The molecule has 0 bridgehead atoms. The predicted molar refractivity (Wildman–Crippen MR) is 60.8 cm³/mol. The van der Waals surface area contributed by atoms with E-state index >= 15 is 0 Å². The average molecular weight is 258 g/mol. The van der Waals surface area contributed by atoms with Crippen LogP contribution in [-0.4, -0.2) is 32.1 Å². The first-order chi connectivity index (χ1) is 7.91. The van der Waals surface area contributed by atoms with Gasteiger partial charge in [-0.15, -0.1) is 0 Å². The normalized spacial score (nSPS) is 14.0. The number of carbonyl (C=O) groups excluding carboxylic acids is 1. The van der Waals surface area contributed by atoms with Crippen LogP contribution < -0.4 is 0 Å². The number of hydrogen-bond donors (Lipinski definition) is 1. The van der Waals surface area contributed by atoms with E-state index in [1.54, 1.807) is 0 Å². The van der Waals surface area contributed by atoms with Crippen molar-refractivity contribution < 1.29 is 23.3 Å². The summed E-state index contributed by atoms with van der Waals surface area (Å²) in [4.78, 5) is 22.1. The summed E-state index contributed by atoms with van der Waals surface area (Å²) >= 11 is 0. The predicted octanol–water partition coefficient (Wildman–Crippen LogP) is 1.23. The van der Waals surface area contributed by atoms with Gasteiger partial charge in [-0.3, -0.25) is 13.8 Å². The molecule has 1 aromatic rings. The molecular weight excluding hydrogens is 247 g/mol. The highest BCUT2D eigenvalue weighted by molar-refractivity contribution is 7.87. The SMILES string of the molecule is CC(C(=O)O)S(=O)CC(=O)c1ccc(F)cc1. The number of halogens is 1. The molecule has 1 aromatic carbocycles. The molecule has 0 fully saturated rings. The number of hydrogen-bond acceptors (Lipinski definition) is 3. The van der Waals surface area contributed by atoms with E-state index in [0.717, 1.165) is 12.1 Å². The van der Waals surface area contributed by atoms with Crippen LogP contribution in [0.1, 0.15) is 17.3 Å². The molecule has 0 saturated carbocycles. The van der Waals surface area contributed by atoms with E-state index in [9.17, 15) is 18.2 Å². The van der Waals surface area contributed by atoms with E-state index in [1.807, 2.05) is 0 Å². The molecule has 1 rings (SSSR count). The van der Waals surface area contributed by atoms with Crippen molar-refractivity contribution in [2.24, 2.45) is 0 Å². The molecular formula is C11H11FO4S. The van der Waals surface area contributed by atoms with Gasteiger partial charge in [0.2, 0.25) is 0 Å². The number of Topliss-reactive ketones (excluding diaryl/α,β-unsaturated/α-hetero) is 1. The van der Waals surface area contributed by atoms with Gasteiger partial charge in [-0.1, -0.05) is 0 Å². The molecule has 2 atom stereocenters. The van der Waals surface area contributed by atoms with Gasteiger partial charge in [-0.25, -0.2) is 4.39 Å². The van der Waals surface area contributed by atoms with E-state index in [1.165, 1.54) is 19.1 Å². The molecule has 0 aliphatic carbocycles. The minimum absolute atomic E-state index is 0.220. The fourth-order valence-corrected chi connectivity index (χ4v) is 1.99. The Bertz CT molecular complexity index is 455. The van der Waals surface area contributed by atoms with Gasteiger partial charge in [-0.05, 0) is 31.2 Å². The molecule has 6 heteroatoms. The third kappa shape index (κ3) is 3.74. The lowest BCUT2D eigenvalue weighted by atomic mass is 10.1. The van der Waals surface area contributed by atoms with Crippen LogP contribution in [-0.2, 0) is 15.6 Å². The van der Waals surface area contributed by atoms with Gasteiger partial charge < -0.3 is 5.11 Å². The summed E-state index contributed by atoms with van der Waals surface area (Å²) in [6.45, 7) is 1.27. The van der Waals surface area contributed by atoms with Gasteiger partial charge in [-0.2, -0.15) is 0 Å². The zero-order valence-corrected chi connectivity index (χ0v) is 9.87. The maximum absolute atomic E-state index is 12.6. The second kappa shape index (κ2) is 5.67. The van der Waals surface area contributed by atoms with Crippen molar-refractivity contribution in [1.29, 1.82) is 0 Å². The summed E-state index contributed by atoms with van der Waals surface area (Å²) in [5, 5.41) is 7.52. The molecule has 0 radical (unpaired) electrons. The van der Waals surface area contributed by atoms with E-state index < -0.39 is 33.6 Å². The summed E-state index contributed by atoms with van der Waals surface area (Å²) in [7, 11) is -1.77. The van der Waals surface area contributed by atoms with Gasteiger partial charge in [0.25, 0.3) is 0 Å². The zero-order chi connectivity index (χ0) is 13.0. The lowest BCUT2D eigenvalue weighted by Crippen LogP contribution is -2.26. The van der Waals surface area contributed by atoms with Gasteiger partial charge in [0, 0.05) is 16.4 Å². The fourth-order valence-electron chi connectivity index (χ4n) is 1.09. The van der Waals surface area contributed by atoms with Crippen molar-refractivity contribution in [2.75, 3.05) is 5.75 Å². The third-order valence-corrected chi connectivity index (χ3v) is 3.72. The van der Waals surface area contributed by atoms with Gasteiger partial charge >= 0.3 is 5.97 Å². The second-order valence-electron chi connectivity index (χ2n) is 3.44. The Labute approximate surface area is 99.9 Å². The van der Waals surface area contributed by atoms with Crippen LogP contribution in [0.5, 0.6) is 0 Å². The van der Waals surface area contributed by atoms with Crippen LogP contribution in [0, 0.1) is 5.82 Å². The smallest absolute Gasteiger partial charge is 0.318 e. The summed E-state index contributed by atoms with van der Waals surface area (Å²) in [6, 6.07) is 4.80. The molecule has 92 valence electrons. The standard InChI is InChI=1S/C11H11FO4S/c1-7(11(14)15)17(16)6-10(13)8-2-4-9(12)5-3-8/h2-5,7H,6H2,1H3,(H,14,15). The van der Waals surface area contributed by atoms with Gasteiger partial charge in [0.15, 0.2) is 5.78 Å². The monoisotopic (exact) mass is 258 g/mol. The van der Waals surface area contributed by atoms with Crippen molar-refractivity contribution in [3.63, 3.8) is 0 Å². The largest absolute Gasteiger partial charge is 0.480 e. The van der Waals surface area contributed by atoms with Crippen LogP contribution in [0.4, 0.5) is 4.39 Å². The van der Waals surface area contributed by atoms with Crippen molar-refractivity contribution >= 4 is 22.6 Å². The van der Waals surface area contributed by atoms with E-state index in [4.69, 9.17) is 5.11 Å². The van der Waals surface area contributed by atoms with Crippen molar-refractivity contribution in [2.45, 2.75) is 12.2 Å². The Hall–Kier alpha value is -1.56. The van der Waals surface area contributed by atoms with E-state index in [2.05, 4.69) is 0 Å².